The van der Waals surface area contributed by atoms with E-state index < -0.39 is 11.7 Å². The average Bonchev–Trinajstić information content (AvgIpc) is 3.38. The van der Waals surface area contributed by atoms with Crippen molar-refractivity contribution < 1.29 is 18.0 Å². The molecule has 4 aromatic rings. The zero-order chi connectivity index (χ0) is 24.1. The van der Waals surface area contributed by atoms with E-state index in [0.717, 1.165) is 33.5 Å². The molecule has 0 fully saturated rings. The summed E-state index contributed by atoms with van der Waals surface area (Å²) in [4.78, 5) is 23.1. The zero-order valence-corrected chi connectivity index (χ0v) is 20.5. The first-order valence-electron chi connectivity index (χ1n) is 10.3. The topological polar surface area (TPSA) is 54.9 Å². The number of halogens is 3. The molecular formula is C24H20F3N3OS3. The second-order valence-electron chi connectivity index (χ2n) is 7.49. The van der Waals surface area contributed by atoms with Crippen molar-refractivity contribution in [3.63, 3.8) is 0 Å². The maximum absolute atomic E-state index is 12.9. The third kappa shape index (κ3) is 6.68. The van der Waals surface area contributed by atoms with E-state index in [0.29, 0.717) is 17.1 Å². The van der Waals surface area contributed by atoms with Crippen LogP contribution in [0.3, 0.4) is 0 Å². The Hall–Kier alpha value is -2.69. The van der Waals surface area contributed by atoms with Crippen LogP contribution < -0.4 is 5.32 Å². The fraction of sp³-hybridized carbons (Fsp3) is 0.208. The number of carbonyl (C=O) groups excluding carboxylic acids is 1. The molecule has 2 heterocycles. The minimum atomic E-state index is -4.38. The first-order valence-corrected chi connectivity index (χ1v) is 12.9. The Morgan fingerprint density at radius 1 is 1.03 bits per heavy atom. The molecule has 0 aliphatic heterocycles. The smallest absolute Gasteiger partial charge is 0.301 e. The van der Waals surface area contributed by atoms with Crippen LogP contribution in [0.1, 0.15) is 32.1 Å². The average molecular weight is 520 g/mol. The van der Waals surface area contributed by atoms with Crippen LogP contribution >= 0.6 is 34.4 Å². The first-order chi connectivity index (χ1) is 16.3. The van der Waals surface area contributed by atoms with Gasteiger partial charge in [0.25, 0.3) is 0 Å². The minimum absolute atomic E-state index is 0.195. The normalized spacial score (nSPS) is 11.5. The number of alkyl halides is 3. The molecule has 2 aromatic carbocycles. The van der Waals surface area contributed by atoms with Gasteiger partial charge >= 0.3 is 6.18 Å². The standard InChI is InChI=1S/C24H20F3N3OS3/c1-15-20(12-16-6-3-2-4-7-16)34-23(29-15)32-14-21(31)30-22-28-13-19(33-22)11-17-8-5-9-18(10-17)24(25,26)27/h2-10,13H,11-12,14H2,1H3,(H,28,30,31). The van der Waals surface area contributed by atoms with E-state index in [9.17, 15) is 18.0 Å². The van der Waals surface area contributed by atoms with E-state index in [4.69, 9.17) is 0 Å². The number of thioether (sulfide) groups is 1. The van der Waals surface area contributed by atoms with Crippen LogP contribution in [0.25, 0.3) is 0 Å². The molecule has 0 saturated heterocycles. The summed E-state index contributed by atoms with van der Waals surface area (Å²) in [6.07, 6.45) is -1.67. The second kappa shape index (κ2) is 10.7. The van der Waals surface area contributed by atoms with Crippen LogP contribution in [0.15, 0.2) is 65.1 Å². The molecule has 1 N–H and O–H groups in total. The van der Waals surface area contributed by atoms with E-state index in [2.05, 4.69) is 27.4 Å². The Bertz CT molecular complexity index is 1270. The van der Waals surface area contributed by atoms with Crippen molar-refractivity contribution in [1.82, 2.24) is 9.97 Å². The lowest BCUT2D eigenvalue weighted by molar-refractivity contribution is -0.137. The number of aryl methyl sites for hydroxylation is 1. The molecule has 1 amide bonds. The molecule has 176 valence electrons. The predicted molar refractivity (Wildman–Crippen MR) is 132 cm³/mol. The van der Waals surface area contributed by atoms with Gasteiger partial charge in [-0.15, -0.1) is 22.7 Å². The number of hydrogen-bond donors (Lipinski definition) is 1. The molecule has 0 radical (unpaired) electrons. The number of benzene rings is 2. The van der Waals surface area contributed by atoms with Gasteiger partial charge in [0.15, 0.2) is 9.47 Å². The molecule has 0 spiro atoms. The molecule has 4 nitrogen and oxygen atoms in total. The fourth-order valence-electron chi connectivity index (χ4n) is 3.20. The van der Waals surface area contributed by atoms with E-state index in [1.165, 1.54) is 39.6 Å². The largest absolute Gasteiger partial charge is 0.416 e. The van der Waals surface area contributed by atoms with Crippen molar-refractivity contribution in [2.75, 3.05) is 11.1 Å². The molecule has 10 heteroatoms. The van der Waals surface area contributed by atoms with Crippen LogP contribution in [-0.2, 0) is 23.8 Å². The highest BCUT2D eigenvalue weighted by atomic mass is 32.2. The molecule has 4 rings (SSSR count). The monoisotopic (exact) mass is 519 g/mol. The summed E-state index contributed by atoms with van der Waals surface area (Å²) in [5, 5.41) is 3.18. The van der Waals surface area contributed by atoms with Crippen molar-refractivity contribution >= 4 is 45.5 Å². The molecule has 0 aliphatic carbocycles. The Kier molecular flexibility index (Phi) is 7.70. The van der Waals surface area contributed by atoms with E-state index in [1.54, 1.807) is 23.6 Å². The summed E-state index contributed by atoms with van der Waals surface area (Å²) in [6, 6.07) is 15.4. The molecule has 0 saturated carbocycles. The third-order valence-corrected chi connectivity index (χ3v) is 8.05. The van der Waals surface area contributed by atoms with Crippen LogP contribution in [0, 0.1) is 6.92 Å². The fourth-order valence-corrected chi connectivity index (χ4v) is 6.13. The third-order valence-electron chi connectivity index (χ3n) is 4.84. The number of nitrogens with one attached hydrogen (secondary N) is 1. The summed E-state index contributed by atoms with van der Waals surface area (Å²) in [5.74, 6) is -0.0114. The van der Waals surface area contributed by atoms with Gasteiger partial charge in [0.1, 0.15) is 0 Å². The minimum Gasteiger partial charge on any atom is -0.301 e. The maximum Gasteiger partial charge on any atom is 0.416 e. The quantitative estimate of drug-likeness (QED) is 0.259. The highest BCUT2D eigenvalue weighted by Gasteiger charge is 2.30. The molecule has 0 bridgehead atoms. The van der Waals surface area contributed by atoms with Crippen molar-refractivity contribution in [2.24, 2.45) is 0 Å². The van der Waals surface area contributed by atoms with Gasteiger partial charge in [-0.3, -0.25) is 4.79 Å². The number of nitrogens with zero attached hydrogens (tertiary/aromatic N) is 2. The van der Waals surface area contributed by atoms with Crippen molar-refractivity contribution in [1.29, 1.82) is 0 Å². The van der Waals surface area contributed by atoms with E-state index in [1.807, 2.05) is 25.1 Å². The zero-order valence-electron chi connectivity index (χ0n) is 18.1. The van der Waals surface area contributed by atoms with Gasteiger partial charge in [0, 0.05) is 28.8 Å². The predicted octanol–water partition coefficient (Wildman–Crippen LogP) is 6.84. The molecular weight excluding hydrogens is 499 g/mol. The SMILES string of the molecule is Cc1nc(SCC(=O)Nc2ncc(Cc3cccc(C(F)(F)F)c3)s2)sc1Cc1ccccc1. The van der Waals surface area contributed by atoms with Crippen molar-refractivity contribution in [3.05, 3.63) is 92.9 Å². The highest BCUT2D eigenvalue weighted by Crippen LogP contribution is 2.31. The molecule has 2 aromatic heterocycles. The van der Waals surface area contributed by atoms with Gasteiger partial charge < -0.3 is 5.32 Å². The molecule has 0 aliphatic rings. The summed E-state index contributed by atoms with van der Waals surface area (Å²) < 4.78 is 39.6. The first kappa shape index (κ1) is 24.4. The molecule has 34 heavy (non-hydrogen) atoms. The van der Waals surface area contributed by atoms with Crippen molar-refractivity contribution in [3.8, 4) is 0 Å². The summed E-state index contributed by atoms with van der Waals surface area (Å²) in [5.41, 5.74) is 2.05. The van der Waals surface area contributed by atoms with E-state index >= 15 is 0 Å². The van der Waals surface area contributed by atoms with Crippen LogP contribution in [0.2, 0.25) is 0 Å². The molecule has 0 atom stereocenters. The van der Waals surface area contributed by atoms with E-state index in [-0.39, 0.29) is 11.7 Å². The Labute approximate surface area is 207 Å². The highest BCUT2D eigenvalue weighted by molar-refractivity contribution is 8.01. The Morgan fingerprint density at radius 3 is 2.56 bits per heavy atom. The lowest BCUT2D eigenvalue weighted by Crippen LogP contribution is -2.13. The van der Waals surface area contributed by atoms with Gasteiger partial charge in [-0.2, -0.15) is 13.2 Å². The van der Waals surface area contributed by atoms with Gasteiger partial charge in [-0.25, -0.2) is 9.97 Å². The Balaban J connectivity index is 1.30. The van der Waals surface area contributed by atoms with Crippen LogP contribution in [-0.4, -0.2) is 21.6 Å². The molecule has 0 unspecified atom stereocenters. The second-order valence-corrected chi connectivity index (χ2v) is 10.9. The number of rotatable bonds is 8. The lowest BCUT2D eigenvalue weighted by Gasteiger charge is -2.07. The van der Waals surface area contributed by atoms with Gasteiger partial charge in [0.05, 0.1) is 17.0 Å². The van der Waals surface area contributed by atoms with Crippen LogP contribution in [0.5, 0.6) is 0 Å². The summed E-state index contributed by atoms with van der Waals surface area (Å²) in [7, 11) is 0. The Morgan fingerprint density at radius 2 is 1.79 bits per heavy atom. The number of hydrogen-bond acceptors (Lipinski definition) is 6. The number of carbonyl (C=O) groups is 1. The summed E-state index contributed by atoms with van der Waals surface area (Å²) >= 11 is 4.21. The van der Waals surface area contributed by atoms with Crippen LogP contribution in [0.4, 0.5) is 18.3 Å². The summed E-state index contributed by atoms with van der Waals surface area (Å²) in [6.45, 7) is 1.97. The van der Waals surface area contributed by atoms with Gasteiger partial charge in [-0.1, -0.05) is 60.3 Å². The number of aromatic nitrogens is 2. The van der Waals surface area contributed by atoms with Crippen molar-refractivity contribution in [2.45, 2.75) is 30.3 Å². The van der Waals surface area contributed by atoms with Gasteiger partial charge in [-0.05, 0) is 24.1 Å². The number of thiazole rings is 2. The maximum atomic E-state index is 12.9. The lowest BCUT2D eigenvalue weighted by atomic mass is 10.1. The number of amides is 1. The van der Waals surface area contributed by atoms with Gasteiger partial charge in [0.2, 0.25) is 5.91 Å². The number of anilines is 1.